The van der Waals surface area contributed by atoms with Crippen LogP contribution in [0.4, 0.5) is 10.7 Å². The largest absolute Gasteiger partial charge is 0.448 e. The average molecular weight is 251 g/mol. The smallest absolute Gasteiger partial charge is 0.417 e. The van der Waals surface area contributed by atoms with Crippen LogP contribution in [-0.4, -0.2) is 18.2 Å². The zero-order chi connectivity index (χ0) is 13.6. The highest BCUT2D eigenvalue weighted by atomic mass is 16.6. The third-order valence-electron chi connectivity index (χ3n) is 2.18. The Morgan fingerprint density at radius 3 is 2.78 bits per heavy atom. The normalized spacial score (nSPS) is 11.1. The van der Waals surface area contributed by atoms with Crippen molar-refractivity contribution in [2.45, 2.75) is 39.2 Å². The van der Waals surface area contributed by atoms with E-state index in [1.54, 1.807) is 18.4 Å². The van der Waals surface area contributed by atoms with Crippen molar-refractivity contribution < 1.29 is 13.9 Å². The molecule has 0 saturated heterocycles. The van der Waals surface area contributed by atoms with Gasteiger partial charge in [-0.2, -0.15) is 0 Å². The number of unbranched alkanes of at least 4 members (excludes halogenated alkanes) is 1. The molecule has 0 aliphatic rings. The molecule has 4 nitrogen and oxygen atoms in total. The van der Waals surface area contributed by atoms with Gasteiger partial charge < -0.3 is 9.15 Å². The molecular weight excluding hydrogens is 230 g/mol. The van der Waals surface area contributed by atoms with Gasteiger partial charge in [0.05, 0.1) is 6.26 Å². The Morgan fingerprint density at radius 2 is 2.28 bits per heavy atom. The van der Waals surface area contributed by atoms with E-state index < -0.39 is 5.60 Å². The molecule has 0 spiro atoms. The fraction of sp³-hybridized carbons (Fsp3) is 0.500. The van der Waals surface area contributed by atoms with E-state index in [0.717, 1.165) is 12.8 Å². The van der Waals surface area contributed by atoms with Crippen LogP contribution in [0.15, 0.2) is 35.5 Å². The summed E-state index contributed by atoms with van der Waals surface area (Å²) in [7, 11) is 0. The Hall–Kier alpha value is -1.71. The van der Waals surface area contributed by atoms with Crippen molar-refractivity contribution in [1.82, 2.24) is 0 Å². The number of rotatable bonds is 5. The molecule has 1 aromatic rings. The summed E-state index contributed by atoms with van der Waals surface area (Å²) < 4.78 is 10.6. The van der Waals surface area contributed by atoms with E-state index >= 15 is 0 Å². The van der Waals surface area contributed by atoms with Gasteiger partial charge in [0.2, 0.25) is 5.88 Å². The highest BCUT2D eigenvalue weighted by Crippen LogP contribution is 2.19. The Morgan fingerprint density at radius 1 is 1.56 bits per heavy atom. The first-order valence-electron chi connectivity index (χ1n) is 6.09. The van der Waals surface area contributed by atoms with Gasteiger partial charge in [-0.1, -0.05) is 6.08 Å². The molecule has 0 aromatic carbocycles. The number of ether oxygens (including phenoxy) is 1. The van der Waals surface area contributed by atoms with E-state index in [1.807, 2.05) is 26.8 Å². The van der Waals surface area contributed by atoms with Gasteiger partial charge in [0, 0.05) is 12.6 Å². The molecule has 0 N–H and O–H groups in total. The van der Waals surface area contributed by atoms with Gasteiger partial charge in [0.25, 0.3) is 0 Å². The van der Waals surface area contributed by atoms with Crippen molar-refractivity contribution in [3.8, 4) is 0 Å². The summed E-state index contributed by atoms with van der Waals surface area (Å²) in [6.07, 6.45) is 4.65. The number of anilines is 1. The molecule has 18 heavy (non-hydrogen) atoms. The topological polar surface area (TPSA) is 42.7 Å². The van der Waals surface area contributed by atoms with Gasteiger partial charge in [0.1, 0.15) is 5.60 Å². The summed E-state index contributed by atoms with van der Waals surface area (Å²) in [4.78, 5) is 13.6. The molecule has 0 saturated carbocycles. The van der Waals surface area contributed by atoms with E-state index in [1.165, 1.54) is 4.90 Å². The molecule has 4 heteroatoms. The van der Waals surface area contributed by atoms with Crippen LogP contribution >= 0.6 is 0 Å². The first kappa shape index (κ1) is 14.4. The van der Waals surface area contributed by atoms with Crippen LogP contribution in [0.3, 0.4) is 0 Å². The monoisotopic (exact) mass is 251 g/mol. The van der Waals surface area contributed by atoms with E-state index in [4.69, 9.17) is 9.15 Å². The van der Waals surface area contributed by atoms with Crippen molar-refractivity contribution in [3.63, 3.8) is 0 Å². The summed E-state index contributed by atoms with van der Waals surface area (Å²) in [5.41, 5.74) is -0.514. The van der Waals surface area contributed by atoms with E-state index in [9.17, 15) is 4.79 Å². The minimum absolute atomic E-state index is 0.387. The summed E-state index contributed by atoms with van der Waals surface area (Å²) >= 11 is 0. The highest BCUT2D eigenvalue weighted by molar-refractivity contribution is 5.86. The first-order chi connectivity index (χ1) is 8.44. The average Bonchev–Trinajstić information content (AvgIpc) is 2.74. The minimum Gasteiger partial charge on any atom is -0.448 e. The molecule has 100 valence electrons. The van der Waals surface area contributed by atoms with Crippen molar-refractivity contribution in [2.24, 2.45) is 0 Å². The molecule has 1 rings (SSSR count). The lowest BCUT2D eigenvalue weighted by Crippen LogP contribution is -2.37. The van der Waals surface area contributed by atoms with Crippen molar-refractivity contribution in [3.05, 3.63) is 31.1 Å². The van der Waals surface area contributed by atoms with Crippen LogP contribution in [0.25, 0.3) is 0 Å². The lowest BCUT2D eigenvalue weighted by molar-refractivity contribution is 0.0574. The Balaban J connectivity index is 2.71. The number of allylic oxidation sites excluding steroid dienone is 1. The Kier molecular flexibility index (Phi) is 5.01. The van der Waals surface area contributed by atoms with Gasteiger partial charge >= 0.3 is 6.09 Å². The number of hydrogen-bond donors (Lipinski definition) is 0. The minimum atomic E-state index is -0.514. The highest BCUT2D eigenvalue weighted by Gasteiger charge is 2.24. The van der Waals surface area contributed by atoms with Crippen LogP contribution in [0.5, 0.6) is 0 Å². The third kappa shape index (κ3) is 4.65. The molecule has 0 aliphatic carbocycles. The van der Waals surface area contributed by atoms with E-state index in [-0.39, 0.29) is 6.09 Å². The predicted molar refractivity (Wildman–Crippen MR) is 71.7 cm³/mol. The van der Waals surface area contributed by atoms with Gasteiger partial charge in [-0.15, -0.1) is 6.58 Å². The van der Waals surface area contributed by atoms with Gasteiger partial charge in [-0.05, 0) is 39.7 Å². The second-order valence-electron chi connectivity index (χ2n) is 5.01. The van der Waals surface area contributed by atoms with Crippen molar-refractivity contribution in [2.75, 3.05) is 11.4 Å². The maximum atomic E-state index is 12.1. The zero-order valence-electron chi connectivity index (χ0n) is 11.3. The van der Waals surface area contributed by atoms with E-state index in [2.05, 4.69) is 6.58 Å². The second kappa shape index (κ2) is 6.28. The SMILES string of the molecule is C=CCCCN(C(=O)OC(C)(C)C)c1ccco1. The Bertz CT molecular complexity index is 376. The third-order valence-corrected chi connectivity index (χ3v) is 2.18. The lowest BCUT2D eigenvalue weighted by atomic mass is 10.2. The standard InChI is InChI=1S/C14H21NO3/c1-5-6-7-10-15(12-9-8-11-17-12)13(16)18-14(2,3)4/h5,8-9,11H,1,6-7,10H2,2-4H3. The second-order valence-corrected chi connectivity index (χ2v) is 5.01. The summed E-state index contributed by atoms with van der Waals surface area (Å²) in [5, 5.41) is 0. The molecule has 1 heterocycles. The van der Waals surface area contributed by atoms with Gasteiger partial charge in [-0.3, -0.25) is 0 Å². The van der Waals surface area contributed by atoms with Crippen LogP contribution < -0.4 is 4.90 Å². The molecule has 0 radical (unpaired) electrons. The number of carbonyl (C=O) groups excluding carboxylic acids is 1. The maximum absolute atomic E-state index is 12.1. The van der Waals surface area contributed by atoms with Gasteiger partial charge in [0.15, 0.2) is 0 Å². The van der Waals surface area contributed by atoms with E-state index in [0.29, 0.717) is 12.4 Å². The number of amides is 1. The number of furan rings is 1. The van der Waals surface area contributed by atoms with Crippen LogP contribution in [-0.2, 0) is 4.74 Å². The summed E-state index contributed by atoms with van der Waals surface area (Å²) in [5.74, 6) is 0.508. The molecule has 1 amide bonds. The van der Waals surface area contributed by atoms with Crippen molar-refractivity contribution in [1.29, 1.82) is 0 Å². The predicted octanol–water partition coefficient (Wildman–Crippen LogP) is 3.99. The molecule has 0 fully saturated rings. The quantitative estimate of drug-likeness (QED) is 0.587. The zero-order valence-corrected chi connectivity index (χ0v) is 11.3. The fourth-order valence-electron chi connectivity index (χ4n) is 1.43. The lowest BCUT2D eigenvalue weighted by Gasteiger charge is -2.25. The van der Waals surface area contributed by atoms with Crippen LogP contribution in [0.1, 0.15) is 33.6 Å². The molecule has 0 unspecified atom stereocenters. The summed E-state index contributed by atoms with van der Waals surface area (Å²) in [6.45, 7) is 9.74. The first-order valence-corrected chi connectivity index (χ1v) is 6.09. The van der Waals surface area contributed by atoms with Crippen molar-refractivity contribution >= 4 is 12.0 Å². The Labute approximate surface area is 108 Å². The molecule has 0 bridgehead atoms. The number of hydrogen-bond acceptors (Lipinski definition) is 3. The summed E-state index contributed by atoms with van der Waals surface area (Å²) in [6, 6.07) is 3.50. The molecular formula is C14H21NO3. The molecule has 0 aliphatic heterocycles. The fourth-order valence-corrected chi connectivity index (χ4v) is 1.43. The van der Waals surface area contributed by atoms with Crippen LogP contribution in [0.2, 0.25) is 0 Å². The van der Waals surface area contributed by atoms with Gasteiger partial charge in [-0.25, -0.2) is 9.69 Å². The maximum Gasteiger partial charge on any atom is 0.417 e. The number of nitrogens with zero attached hydrogens (tertiary/aromatic N) is 1. The molecule has 1 aromatic heterocycles. The number of carbonyl (C=O) groups is 1. The molecule has 0 atom stereocenters. The van der Waals surface area contributed by atoms with Crippen LogP contribution in [0, 0.1) is 0 Å².